The molecule has 1 heterocycles. The van der Waals surface area contributed by atoms with Crippen LogP contribution in [0.15, 0.2) is 48.5 Å². The van der Waals surface area contributed by atoms with Crippen molar-refractivity contribution in [2.75, 3.05) is 39.3 Å². The molecule has 0 spiro atoms. The summed E-state index contributed by atoms with van der Waals surface area (Å²) in [5, 5.41) is 9.27. The van der Waals surface area contributed by atoms with Gasteiger partial charge in [0.15, 0.2) is 0 Å². The Morgan fingerprint density at radius 3 is 2.47 bits per heavy atom. The summed E-state index contributed by atoms with van der Waals surface area (Å²) in [6, 6.07) is 19.2. The van der Waals surface area contributed by atoms with Gasteiger partial charge in [0.1, 0.15) is 12.4 Å². The smallest absolute Gasteiger partial charge is 0.119 e. The van der Waals surface area contributed by atoms with E-state index in [0.29, 0.717) is 6.04 Å². The van der Waals surface area contributed by atoms with Gasteiger partial charge >= 0.3 is 0 Å². The van der Waals surface area contributed by atoms with Gasteiger partial charge in [-0.3, -0.25) is 9.80 Å². The number of hydrogen-bond acceptors (Lipinski definition) is 4. The van der Waals surface area contributed by atoms with Crippen LogP contribution in [0.3, 0.4) is 0 Å². The van der Waals surface area contributed by atoms with Crippen LogP contribution < -0.4 is 4.74 Å². The van der Waals surface area contributed by atoms with E-state index >= 15 is 0 Å². The Morgan fingerprint density at radius 2 is 1.80 bits per heavy atom. The number of benzene rings is 2. The Labute approximate surface area is 182 Å². The standard InChI is InChI=1S/C26H35N3O/c1-3-4-6-11-26(23-12-13-24(21-27)22(2)20-23)29-16-14-28(15-17-29)18-19-30-25-9-7-5-8-10-25/h5,7-10,12-13,20,26H,3-4,6,11,14-19H2,1-2H3. The van der Waals surface area contributed by atoms with Crippen LogP contribution in [-0.2, 0) is 0 Å². The molecule has 1 aliphatic rings. The fourth-order valence-electron chi connectivity index (χ4n) is 4.28. The normalized spacial score (nSPS) is 16.2. The predicted molar refractivity (Wildman–Crippen MR) is 123 cm³/mol. The second-order valence-corrected chi connectivity index (χ2v) is 8.24. The summed E-state index contributed by atoms with van der Waals surface area (Å²) in [4.78, 5) is 5.15. The van der Waals surface area contributed by atoms with Crippen molar-refractivity contribution in [3.8, 4) is 11.8 Å². The molecule has 2 aromatic carbocycles. The van der Waals surface area contributed by atoms with Gasteiger partial charge in [-0.05, 0) is 42.7 Å². The van der Waals surface area contributed by atoms with Crippen molar-refractivity contribution in [3.05, 3.63) is 65.2 Å². The summed E-state index contributed by atoms with van der Waals surface area (Å²) >= 11 is 0. The van der Waals surface area contributed by atoms with Gasteiger partial charge < -0.3 is 4.74 Å². The molecule has 0 bridgehead atoms. The van der Waals surface area contributed by atoms with Crippen LogP contribution in [0.2, 0.25) is 0 Å². The monoisotopic (exact) mass is 405 g/mol. The maximum atomic E-state index is 9.27. The Balaban J connectivity index is 1.55. The number of nitriles is 1. The lowest BCUT2D eigenvalue weighted by Gasteiger charge is -2.39. The number of para-hydroxylation sites is 1. The number of piperazine rings is 1. The third-order valence-corrected chi connectivity index (χ3v) is 6.10. The van der Waals surface area contributed by atoms with Gasteiger partial charge in [0.25, 0.3) is 0 Å². The fraction of sp³-hybridized carbons (Fsp3) is 0.500. The highest BCUT2D eigenvalue weighted by Gasteiger charge is 2.25. The highest BCUT2D eigenvalue weighted by molar-refractivity contribution is 5.40. The summed E-state index contributed by atoms with van der Waals surface area (Å²) < 4.78 is 5.87. The average Bonchev–Trinajstić information content (AvgIpc) is 2.78. The zero-order chi connectivity index (χ0) is 21.2. The first-order chi connectivity index (χ1) is 14.7. The van der Waals surface area contributed by atoms with Crippen LogP contribution >= 0.6 is 0 Å². The molecule has 0 aliphatic carbocycles. The zero-order valence-electron chi connectivity index (χ0n) is 18.5. The maximum Gasteiger partial charge on any atom is 0.119 e. The molecule has 160 valence electrons. The molecule has 0 N–H and O–H groups in total. The van der Waals surface area contributed by atoms with E-state index in [-0.39, 0.29) is 0 Å². The highest BCUT2D eigenvalue weighted by Crippen LogP contribution is 2.29. The van der Waals surface area contributed by atoms with Crippen LogP contribution in [0.4, 0.5) is 0 Å². The summed E-state index contributed by atoms with van der Waals surface area (Å²) in [5.41, 5.74) is 3.24. The van der Waals surface area contributed by atoms with Gasteiger partial charge in [-0.2, -0.15) is 5.26 Å². The molecule has 1 aliphatic heterocycles. The minimum atomic E-state index is 0.450. The van der Waals surface area contributed by atoms with Gasteiger partial charge in [-0.25, -0.2) is 0 Å². The number of aryl methyl sites for hydroxylation is 1. The molecule has 1 atom stereocenters. The van der Waals surface area contributed by atoms with Gasteiger partial charge in [0, 0.05) is 38.8 Å². The van der Waals surface area contributed by atoms with E-state index in [4.69, 9.17) is 4.74 Å². The summed E-state index contributed by atoms with van der Waals surface area (Å²) in [6.45, 7) is 10.3. The lowest BCUT2D eigenvalue weighted by Crippen LogP contribution is -2.48. The van der Waals surface area contributed by atoms with Crippen molar-refractivity contribution >= 4 is 0 Å². The number of ether oxygens (including phenoxy) is 1. The third kappa shape index (κ3) is 6.32. The van der Waals surface area contributed by atoms with Crippen LogP contribution in [-0.4, -0.2) is 49.1 Å². The lowest BCUT2D eigenvalue weighted by molar-refractivity contribution is 0.0817. The van der Waals surface area contributed by atoms with Crippen molar-refractivity contribution < 1.29 is 4.74 Å². The van der Waals surface area contributed by atoms with E-state index in [0.717, 1.165) is 56.2 Å². The molecule has 0 amide bonds. The van der Waals surface area contributed by atoms with Crippen molar-refractivity contribution in [2.45, 2.75) is 45.6 Å². The molecular weight excluding hydrogens is 370 g/mol. The van der Waals surface area contributed by atoms with E-state index in [2.05, 4.69) is 41.8 Å². The Morgan fingerprint density at radius 1 is 1.03 bits per heavy atom. The molecule has 1 saturated heterocycles. The van der Waals surface area contributed by atoms with E-state index < -0.39 is 0 Å². The van der Waals surface area contributed by atoms with Crippen LogP contribution in [0, 0.1) is 18.3 Å². The van der Waals surface area contributed by atoms with Crippen LogP contribution in [0.5, 0.6) is 5.75 Å². The van der Waals surface area contributed by atoms with E-state index in [1.54, 1.807) is 0 Å². The zero-order valence-corrected chi connectivity index (χ0v) is 18.5. The van der Waals surface area contributed by atoms with Crippen LogP contribution in [0.25, 0.3) is 0 Å². The first-order valence-electron chi connectivity index (χ1n) is 11.4. The summed E-state index contributed by atoms with van der Waals surface area (Å²) in [5.74, 6) is 0.948. The van der Waals surface area contributed by atoms with E-state index in [1.807, 2.05) is 36.4 Å². The van der Waals surface area contributed by atoms with E-state index in [1.165, 1.54) is 31.2 Å². The molecule has 0 radical (unpaired) electrons. The second kappa shape index (κ2) is 11.7. The maximum absolute atomic E-state index is 9.27. The van der Waals surface area contributed by atoms with Crippen molar-refractivity contribution in [1.29, 1.82) is 5.26 Å². The quantitative estimate of drug-likeness (QED) is 0.510. The van der Waals surface area contributed by atoms with Gasteiger partial charge in [0.05, 0.1) is 11.6 Å². The Kier molecular flexibility index (Phi) is 8.74. The van der Waals surface area contributed by atoms with E-state index in [9.17, 15) is 5.26 Å². The van der Waals surface area contributed by atoms with Gasteiger partial charge in [-0.1, -0.05) is 56.5 Å². The van der Waals surface area contributed by atoms with Crippen molar-refractivity contribution in [2.24, 2.45) is 0 Å². The molecule has 1 fully saturated rings. The minimum Gasteiger partial charge on any atom is -0.492 e. The number of rotatable bonds is 10. The number of nitrogens with zero attached hydrogens (tertiary/aromatic N) is 3. The minimum absolute atomic E-state index is 0.450. The molecule has 4 heteroatoms. The van der Waals surface area contributed by atoms with Gasteiger partial charge in [0.2, 0.25) is 0 Å². The number of unbranched alkanes of at least 4 members (excludes halogenated alkanes) is 2. The Bertz CT molecular complexity index is 807. The van der Waals surface area contributed by atoms with Gasteiger partial charge in [-0.15, -0.1) is 0 Å². The third-order valence-electron chi connectivity index (χ3n) is 6.10. The first-order valence-corrected chi connectivity index (χ1v) is 11.4. The SMILES string of the molecule is CCCCCC(c1ccc(C#N)c(C)c1)N1CCN(CCOc2ccccc2)CC1. The molecular formula is C26H35N3O. The second-order valence-electron chi connectivity index (χ2n) is 8.24. The molecule has 0 saturated carbocycles. The molecule has 30 heavy (non-hydrogen) atoms. The fourth-order valence-corrected chi connectivity index (χ4v) is 4.28. The van der Waals surface area contributed by atoms with Crippen LogP contribution in [0.1, 0.15) is 55.3 Å². The largest absolute Gasteiger partial charge is 0.492 e. The summed E-state index contributed by atoms with van der Waals surface area (Å²) in [6.07, 6.45) is 4.97. The lowest BCUT2D eigenvalue weighted by atomic mass is 9.95. The molecule has 2 aromatic rings. The van der Waals surface area contributed by atoms with Crippen molar-refractivity contribution in [1.82, 2.24) is 9.80 Å². The highest BCUT2D eigenvalue weighted by atomic mass is 16.5. The average molecular weight is 406 g/mol. The Hall–Kier alpha value is -2.35. The molecule has 0 aromatic heterocycles. The predicted octanol–water partition coefficient (Wildman–Crippen LogP) is 5.18. The molecule has 1 unspecified atom stereocenters. The first kappa shape index (κ1) is 22.3. The molecule has 4 nitrogen and oxygen atoms in total. The molecule has 3 rings (SSSR count). The summed E-state index contributed by atoms with van der Waals surface area (Å²) in [7, 11) is 0. The topological polar surface area (TPSA) is 39.5 Å². The van der Waals surface area contributed by atoms with Crippen molar-refractivity contribution in [3.63, 3.8) is 0 Å². The number of hydrogen-bond donors (Lipinski definition) is 0.